The lowest BCUT2D eigenvalue weighted by Gasteiger charge is -2.10. The second kappa shape index (κ2) is 8.01. The van der Waals surface area contributed by atoms with Gasteiger partial charge in [0, 0.05) is 36.4 Å². The lowest BCUT2D eigenvalue weighted by Crippen LogP contribution is -2.04. The van der Waals surface area contributed by atoms with Crippen molar-refractivity contribution in [3.63, 3.8) is 0 Å². The molecule has 0 N–H and O–H groups in total. The average molecular weight is 383 g/mol. The van der Waals surface area contributed by atoms with Gasteiger partial charge in [0.15, 0.2) is 0 Å². The molecule has 0 fully saturated rings. The summed E-state index contributed by atoms with van der Waals surface area (Å²) in [7, 11) is 1.61. The zero-order valence-electron chi connectivity index (χ0n) is 15.0. The second-order valence-electron chi connectivity index (χ2n) is 5.69. The normalized spacial score (nSPS) is 10.3. The van der Waals surface area contributed by atoms with Gasteiger partial charge in [-0.05, 0) is 41.4 Å². The van der Waals surface area contributed by atoms with E-state index in [0.29, 0.717) is 11.3 Å². The Labute approximate surface area is 160 Å². The molecule has 0 saturated carbocycles. The first-order chi connectivity index (χ1) is 13.0. The zero-order chi connectivity index (χ0) is 19.4. The Kier molecular flexibility index (Phi) is 5.52. The Hall–Kier alpha value is -3.19. The number of hydrogen-bond acceptors (Lipinski definition) is 7. The molecular formula is C20H17NO5S. The van der Waals surface area contributed by atoms with E-state index in [4.69, 9.17) is 14.2 Å². The number of rotatable bonds is 5. The summed E-state index contributed by atoms with van der Waals surface area (Å²) in [4.78, 5) is 22.7. The lowest BCUT2D eigenvalue weighted by atomic mass is 10.0. The Morgan fingerprint density at radius 3 is 1.96 bits per heavy atom. The summed E-state index contributed by atoms with van der Waals surface area (Å²) in [5.41, 5.74) is 3.26. The zero-order valence-corrected chi connectivity index (χ0v) is 15.8. The molecule has 138 valence electrons. The van der Waals surface area contributed by atoms with E-state index in [-0.39, 0.29) is 11.5 Å². The molecule has 3 aromatic rings. The van der Waals surface area contributed by atoms with Gasteiger partial charge in [-0.2, -0.15) is 4.37 Å². The highest BCUT2D eigenvalue weighted by Crippen LogP contribution is 2.37. The van der Waals surface area contributed by atoms with E-state index in [1.54, 1.807) is 19.2 Å². The number of hydrogen-bond donors (Lipinski definition) is 0. The Morgan fingerprint density at radius 1 is 0.852 bits per heavy atom. The summed E-state index contributed by atoms with van der Waals surface area (Å²) in [5.74, 6) is 0.400. The van der Waals surface area contributed by atoms with Crippen LogP contribution in [0.4, 0.5) is 0 Å². The van der Waals surface area contributed by atoms with E-state index in [2.05, 4.69) is 4.37 Å². The van der Waals surface area contributed by atoms with Crippen molar-refractivity contribution in [2.24, 2.45) is 0 Å². The maximum atomic E-state index is 11.3. The number of aromatic nitrogens is 1. The van der Waals surface area contributed by atoms with Gasteiger partial charge >= 0.3 is 11.9 Å². The first kappa shape index (κ1) is 18.6. The van der Waals surface area contributed by atoms with E-state index in [1.807, 2.05) is 29.6 Å². The van der Waals surface area contributed by atoms with Gasteiger partial charge < -0.3 is 14.2 Å². The van der Waals surface area contributed by atoms with Gasteiger partial charge in [0.2, 0.25) is 0 Å². The smallest absolute Gasteiger partial charge is 0.308 e. The first-order valence-electron chi connectivity index (χ1n) is 8.07. The summed E-state index contributed by atoms with van der Waals surface area (Å²) in [6.45, 7) is 2.62. The standard InChI is InChI=1S/C20H17NO5S/c1-12(22)25-17-8-15(9-18(10-17)26-13(2)23)20-19(11-27-21-20)14-4-6-16(24-3)7-5-14/h4-11H,1-3H3. The third-order valence-corrected chi connectivity index (χ3v) is 4.28. The van der Waals surface area contributed by atoms with Gasteiger partial charge in [-0.15, -0.1) is 0 Å². The fraction of sp³-hybridized carbons (Fsp3) is 0.150. The van der Waals surface area contributed by atoms with Crippen molar-refractivity contribution in [1.82, 2.24) is 4.37 Å². The number of nitrogens with zero attached hydrogens (tertiary/aromatic N) is 1. The van der Waals surface area contributed by atoms with E-state index in [1.165, 1.54) is 31.4 Å². The number of methoxy groups -OCH3 is 1. The highest BCUT2D eigenvalue weighted by molar-refractivity contribution is 7.04. The second-order valence-corrected chi connectivity index (χ2v) is 6.31. The quantitative estimate of drug-likeness (QED) is 0.482. The van der Waals surface area contributed by atoms with E-state index in [9.17, 15) is 9.59 Å². The molecule has 0 aliphatic carbocycles. The van der Waals surface area contributed by atoms with E-state index < -0.39 is 11.9 Å². The molecule has 0 bridgehead atoms. The fourth-order valence-corrected chi connectivity index (χ4v) is 3.29. The van der Waals surface area contributed by atoms with E-state index in [0.717, 1.165) is 16.9 Å². The average Bonchev–Trinajstić information content (AvgIpc) is 3.10. The SMILES string of the molecule is COc1ccc(-c2csnc2-c2cc(OC(C)=O)cc(OC(C)=O)c2)cc1. The molecule has 7 heteroatoms. The third kappa shape index (κ3) is 4.51. The summed E-state index contributed by atoms with van der Waals surface area (Å²) in [5, 5.41) is 1.93. The summed E-state index contributed by atoms with van der Waals surface area (Å²) < 4.78 is 20.0. The van der Waals surface area contributed by atoms with Crippen molar-refractivity contribution < 1.29 is 23.8 Å². The molecular weight excluding hydrogens is 366 g/mol. The Bertz CT molecular complexity index is 944. The lowest BCUT2D eigenvalue weighted by molar-refractivity contribution is -0.132. The molecule has 27 heavy (non-hydrogen) atoms. The number of ether oxygens (including phenoxy) is 3. The Balaban J connectivity index is 2.06. The van der Waals surface area contributed by atoms with Crippen LogP contribution in [0, 0.1) is 0 Å². The van der Waals surface area contributed by atoms with Crippen molar-refractivity contribution in [1.29, 1.82) is 0 Å². The van der Waals surface area contributed by atoms with Crippen LogP contribution in [0.2, 0.25) is 0 Å². The van der Waals surface area contributed by atoms with Crippen molar-refractivity contribution in [2.45, 2.75) is 13.8 Å². The van der Waals surface area contributed by atoms with Crippen LogP contribution >= 0.6 is 11.5 Å². The number of carbonyl (C=O) groups is 2. The molecule has 0 amide bonds. The molecule has 0 atom stereocenters. The van der Waals surface area contributed by atoms with Gasteiger partial charge in [-0.25, -0.2) is 0 Å². The van der Waals surface area contributed by atoms with Gasteiger partial charge in [0.25, 0.3) is 0 Å². The topological polar surface area (TPSA) is 74.7 Å². The van der Waals surface area contributed by atoms with Gasteiger partial charge in [-0.3, -0.25) is 9.59 Å². The molecule has 0 saturated heterocycles. The van der Waals surface area contributed by atoms with Crippen LogP contribution in [-0.4, -0.2) is 23.4 Å². The number of benzene rings is 2. The van der Waals surface area contributed by atoms with Crippen LogP contribution in [0.5, 0.6) is 17.2 Å². The first-order valence-corrected chi connectivity index (χ1v) is 8.91. The minimum atomic E-state index is -0.463. The van der Waals surface area contributed by atoms with Gasteiger partial charge in [0.1, 0.15) is 17.2 Å². The summed E-state index contributed by atoms with van der Waals surface area (Å²) in [6.07, 6.45) is 0. The molecule has 0 unspecified atom stereocenters. The fourth-order valence-electron chi connectivity index (χ4n) is 2.58. The molecule has 0 spiro atoms. The van der Waals surface area contributed by atoms with Crippen LogP contribution in [0.1, 0.15) is 13.8 Å². The molecule has 0 radical (unpaired) electrons. The molecule has 6 nitrogen and oxygen atoms in total. The summed E-state index contributed by atoms with van der Waals surface area (Å²) in [6, 6.07) is 12.5. The third-order valence-electron chi connectivity index (χ3n) is 3.65. The maximum Gasteiger partial charge on any atom is 0.308 e. The highest BCUT2D eigenvalue weighted by atomic mass is 32.1. The van der Waals surface area contributed by atoms with Crippen LogP contribution < -0.4 is 14.2 Å². The van der Waals surface area contributed by atoms with Gasteiger partial charge in [0.05, 0.1) is 12.8 Å². The maximum absolute atomic E-state index is 11.3. The van der Waals surface area contributed by atoms with Gasteiger partial charge in [-0.1, -0.05) is 12.1 Å². The minimum absolute atomic E-state index is 0.282. The summed E-state index contributed by atoms with van der Waals surface area (Å²) >= 11 is 1.31. The molecule has 1 aromatic heterocycles. The number of carbonyl (C=O) groups excluding carboxylic acids is 2. The molecule has 0 aliphatic heterocycles. The number of esters is 2. The monoisotopic (exact) mass is 383 g/mol. The van der Waals surface area contributed by atoms with Crippen molar-refractivity contribution in [3.8, 4) is 39.6 Å². The highest BCUT2D eigenvalue weighted by Gasteiger charge is 2.15. The molecule has 0 aliphatic rings. The largest absolute Gasteiger partial charge is 0.497 e. The van der Waals surface area contributed by atoms with Crippen LogP contribution in [-0.2, 0) is 9.59 Å². The predicted octanol–water partition coefficient (Wildman–Crippen LogP) is 4.34. The molecule has 1 heterocycles. The van der Waals surface area contributed by atoms with Crippen molar-refractivity contribution in [2.75, 3.05) is 7.11 Å². The Morgan fingerprint density at radius 2 is 1.44 bits per heavy atom. The molecule has 2 aromatic carbocycles. The predicted molar refractivity (Wildman–Crippen MR) is 102 cm³/mol. The minimum Gasteiger partial charge on any atom is -0.497 e. The van der Waals surface area contributed by atoms with Crippen LogP contribution in [0.25, 0.3) is 22.4 Å². The van der Waals surface area contributed by atoms with Crippen LogP contribution in [0.15, 0.2) is 47.8 Å². The van der Waals surface area contributed by atoms with Crippen molar-refractivity contribution in [3.05, 3.63) is 47.8 Å². The van der Waals surface area contributed by atoms with Crippen molar-refractivity contribution >= 4 is 23.5 Å². The molecule has 3 rings (SSSR count). The van der Waals surface area contributed by atoms with Crippen LogP contribution in [0.3, 0.4) is 0 Å². The van der Waals surface area contributed by atoms with E-state index >= 15 is 0 Å².